The fourth-order valence-electron chi connectivity index (χ4n) is 2.71. The predicted molar refractivity (Wildman–Crippen MR) is 77.9 cm³/mol. The number of primary amides is 1. The number of hydrogen-bond acceptors (Lipinski definition) is 2. The van der Waals surface area contributed by atoms with Crippen molar-refractivity contribution in [1.82, 2.24) is 5.32 Å². The molecule has 1 aliphatic rings. The summed E-state index contributed by atoms with van der Waals surface area (Å²) in [5.41, 5.74) is 7.03. The summed E-state index contributed by atoms with van der Waals surface area (Å²) in [5, 5.41) is 3.64. The van der Waals surface area contributed by atoms with Gasteiger partial charge in [0.25, 0.3) is 0 Å². The summed E-state index contributed by atoms with van der Waals surface area (Å²) < 4.78 is 0. The molecule has 0 unspecified atom stereocenters. The number of rotatable bonds is 4. The Hall–Kier alpha value is -1.35. The molecule has 19 heavy (non-hydrogen) atoms. The Bertz CT molecular complexity index is 392. The Morgan fingerprint density at radius 3 is 2.21 bits per heavy atom. The molecule has 0 bridgehead atoms. The van der Waals surface area contributed by atoms with Crippen LogP contribution < -0.4 is 11.1 Å². The summed E-state index contributed by atoms with van der Waals surface area (Å²) >= 11 is 0. The zero-order valence-corrected chi connectivity index (χ0v) is 11.5. The summed E-state index contributed by atoms with van der Waals surface area (Å²) in [6, 6.07) is 8.22. The highest BCUT2D eigenvalue weighted by molar-refractivity contribution is 5.92. The monoisotopic (exact) mass is 260 g/mol. The maximum Gasteiger partial charge on any atom is 0.248 e. The fourth-order valence-corrected chi connectivity index (χ4v) is 2.71. The average Bonchev–Trinajstić information content (AvgIpc) is 2.38. The van der Waals surface area contributed by atoms with Gasteiger partial charge in [-0.25, -0.2) is 0 Å². The first kappa shape index (κ1) is 14.1. The third-order valence-corrected chi connectivity index (χ3v) is 3.94. The van der Waals surface area contributed by atoms with Gasteiger partial charge < -0.3 is 11.1 Å². The second kappa shape index (κ2) is 7.29. The molecule has 1 aliphatic carbocycles. The molecular weight excluding hydrogens is 236 g/mol. The zero-order chi connectivity index (χ0) is 13.5. The summed E-state index contributed by atoms with van der Waals surface area (Å²) in [7, 11) is 0. The van der Waals surface area contributed by atoms with E-state index in [1.54, 1.807) is 12.1 Å². The van der Waals surface area contributed by atoms with Crippen LogP contribution in [0.4, 0.5) is 0 Å². The molecule has 104 valence electrons. The van der Waals surface area contributed by atoms with Crippen LogP contribution in [0.3, 0.4) is 0 Å². The van der Waals surface area contributed by atoms with Gasteiger partial charge in [0, 0.05) is 18.2 Å². The van der Waals surface area contributed by atoms with Gasteiger partial charge in [0.05, 0.1) is 0 Å². The van der Waals surface area contributed by atoms with Crippen LogP contribution in [0, 0.1) is 0 Å². The Kier molecular flexibility index (Phi) is 5.40. The standard InChI is InChI=1S/C16H24N2O/c17-16(19)14-10-8-13(9-11-14)12-18-15-6-4-2-1-3-5-7-15/h8-11,15,18H,1-7,12H2,(H2,17,19). The quantitative estimate of drug-likeness (QED) is 0.874. The van der Waals surface area contributed by atoms with Gasteiger partial charge in [0.1, 0.15) is 0 Å². The van der Waals surface area contributed by atoms with E-state index in [2.05, 4.69) is 5.32 Å². The normalized spacial score (nSPS) is 17.7. The smallest absolute Gasteiger partial charge is 0.248 e. The minimum atomic E-state index is -0.362. The van der Waals surface area contributed by atoms with Gasteiger partial charge >= 0.3 is 0 Å². The van der Waals surface area contributed by atoms with Crippen molar-refractivity contribution < 1.29 is 4.79 Å². The van der Waals surface area contributed by atoms with Crippen LogP contribution in [-0.2, 0) is 6.54 Å². The van der Waals surface area contributed by atoms with Gasteiger partial charge in [-0.1, -0.05) is 44.2 Å². The third-order valence-electron chi connectivity index (χ3n) is 3.94. The Balaban J connectivity index is 1.81. The van der Waals surface area contributed by atoms with Crippen LogP contribution in [0.2, 0.25) is 0 Å². The lowest BCUT2D eigenvalue weighted by Gasteiger charge is -2.21. The SMILES string of the molecule is NC(=O)c1ccc(CNC2CCCCCCC2)cc1. The molecule has 3 nitrogen and oxygen atoms in total. The lowest BCUT2D eigenvalue weighted by atomic mass is 9.96. The molecule has 3 N–H and O–H groups in total. The van der Waals surface area contributed by atoms with E-state index < -0.39 is 0 Å². The first-order chi connectivity index (χ1) is 9.25. The third kappa shape index (κ3) is 4.67. The second-order valence-electron chi connectivity index (χ2n) is 5.48. The molecule has 1 saturated carbocycles. The maximum atomic E-state index is 11.0. The van der Waals surface area contributed by atoms with Crippen LogP contribution in [0.1, 0.15) is 60.9 Å². The Labute approximate surface area is 115 Å². The van der Waals surface area contributed by atoms with E-state index in [-0.39, 0.29) is 5.91 Å². The molecule has 0 spiro atoms. The van der Waals surface area contributed by atoms with Crippen LogP contribution >= 0.6 is 0 Å². The maximum absolute atomic E-state index is 11.0. The van der Waals surface area contributed by atoms with Crippen molar-refractivity contribution in [3.63, 3.8) is 0 Å². The molecule has 1 aromatic rings. The van der Waals surface area contributed by atoms with E-state index in [1.165, 1.54) is 50.5 Å². The fraction of sp³-hybridized carbons (Fsp3) is 0.562. The van der Waals surface area contributed by atoms with Crippen molar-refractivity contribution in [1.29, 1.82) is 0 Å². The first-order valence-corrected chi connectivity index (χ1v) is 7.38. The Morgan fingerprint density at radius 1 is 1.05 bits per heavy atom. The molecule has 0 heterocycles. The minimum Gasteiger partial charge on any atom is -0.366 e. The molecule has 0 saturated heterocycles. The number of amides is 1. The summed E-state index contributed by atoms with van der Waals surface area (Å²) in [6.45, 7) is 0.879. The predicted octanol–water partition coefficient (Wildman–Crippen LogP) is 2.99. The number of benzene rings is 1. The number of carbonyl (C=O) groups is 1. The van der Waals surface area contributed by atoms with Crippen LogP contribution in [0.25, 0.3) is 0 Å². The van der Waals surface area contributed by atoms with Gasteiger partial charge in [-0.3, -0.25) is 4.79 Å². The lowest BCUT2D eigenvalue weighted by molar-refractivity contribution is 0.100. The van der Waals surface area contributed by atoms with E-state index in [0.717, 1.165) is 6.54 Å². The largest absolute Gasteiger partial charge is 0.366 e. The van der Waals surface area contributed by atoms with Gasteiger partial charge in [-0.15, -0.1) is 0 Å². The number of carbonyl (C=O) groups excluding carboxylic acids is 1. The van der Waals surface area contributed by atoms with E-state index in [4.69, 9.17) is 5.73 Å². The molecule has 0 aliphatic heterocycles. The molecule has 1 fully saturated rings. The lowest BCUT2D eigenvalue weighted by Crippen LogP contribution is -2.29. The average molecular weight is 260 g/mol. The highest BCUT2D eigenvalue weighted by Gasteiger charge is 2.10. The molecule has 0 atom stereocenters. The Morgan fingerprint density at radius 2 is 1.63 bits per heavy atom. The van der Waals surface area contributed by atoms with Crippen LogP contribution in [0.15, 0.2) is 24.3 Å². The number of nitrogens with two attached hydrogens (primary N) is 1. The molecule has 2 rings (SSSR count). The molecule has 1 amide bonds. The highest BCUT2D eigenvalue weighted by atomic mass is 16.1. The second-order valence-corrected chi connectivity index (χ2v) is 5.48. The highest BCUT2D eigenvalue weighted by Crippen LogP contribution is 2.17. The van der Waals surface area contributed by atoms with Crippen molar-refractivity contribution in [3.8, 4) is 0 Å². The van der Waals surface area contributed by atoms with E-state index in [9.17, 15) is 4.79 Å². The molecule has 1 aromatic carbocycles. The topological polar surface area (TPSA) is 55.1 Å². The van der Waals surface area contributed by atoms with Crippen molar-refractivity contribution in [3.05, 3.63) is 35.4 Å². The van der Waals surface area contributed by atoms with Crippen molar-refractivity contribution in [2.75, 3.05) is 0 Å². The zero-order valence-electron chi connectivity index (χ0n) is 11.5. The van der Waals surface area contributed by atoms with Gasteiger partial charge in [-0.2, -0.15) is 0 Å². The molecule has 0 aromatic heterocycles. The summed E-state index contributed by atoms with van der Waals surface area (Å²) in [5.74, 6) is -0.362. The number of nitrogens with one attached hydrogen (secondary N) is 1. The summed E-state index contributed by atoms with van der Waals surface area (Å²) in [4.78, 5) is 11.0. The molecule has 0 radical (unpaired) electrons. The van der Waals surface area contributed by atoms with Gasteiger partial charge in [0.2, 0.25) is 5.91 Å². The summed E-state index contributed by atoms with van der Waals surface area (Å²) in [6.07, 6.45) is 9.44. The van der Waals surface area contributed by atoms with Crippen molar-refractivity contribution in [2.45, 2.75) is 57.5 Å². The van der Waals surface area contributed by atoms with Crippen LogP contribution in [-0.4, -0.2) is 11.9 Å². The van der Waals surface area contributed by atoms with E-state index in [1.807, 2.05) is 12.1 Å². The van der Waals surface area contributed by atoms with Crippen molar-refractivity contribution >= 4 is 5.91 Å². The first-order valence-electron chi connectivity index (χ1n) is 7.38. The molecular formula is C16H24N2O. The minimum absolute atomic E-state index is 0.362. The van der Waals surface area contributed by atoms with Gasteiger partial charge in [-0.05, 0) is 30.5 Å². The number of hydrogen-bond donors (Lipinski definition) is 2. The molecule has 3 heteroatoms. The van der Waals surface area contributed by atoms with Crippen LogP contribution in [0.5, 0.6) is 0 Å². The van der Waals surface area contributed by atoms with E-state index in [0.29, 0.717) is 11.6 Å². The van der Waals surface area contributed by atoms with E-state index >= 15 is 0 Å². The van der Waals surface area contributed by atoms with Gasteiger partial charge in [0.15, 0.2) is 0 Å². The van der Waals surface area contributed by atoms with Crippen molar-refractivity contribution in [2.24, 2.45) is 5.73 Å².